The molecule has 1 unspecified atom stereocenters. The van der Waals surface area contributed by atoms with E-state index in [9.17, 15) is 0 Å². The number of anilines is 3. The first-order valence-corrected chi connectivity index (χ1v) is 9.73. The Morgan fingerprint density at radius 3 is 2.29 bits per heavy atom. The molecule has 1 atom stereocenters. The van der Waals surface area contributed by atoms with Crippen LogP contribution in [-0.4, -0.2) is 13.2 Å². The van der Waals surface area contributed by atoms with Crippen molar-refractivity contribution in [1.82, 2.24) is 0 Å². The van der Waals surface area contributed by atoms with E-state index in [2.05, 4.69) is 98.3 Å². The summed E-state index contributed by atoms with van der Waals surface area (Å²) in [7, 11) is 2.21. The van der Waals surface area contributed by atoms with E-state index in [-0.39, 0.29) is 38.1 Å². The standard InChI is InChI=1S/C25H23N2.Y/c1-15-17-13-18-16-9-5-6-10-19(16)25(2,3)20(18)14-23(17)27-22-12-8-7-11-21(22)26(4)24(15)27;/h5-14,24H,1-4H3;/q-1;. The van der Waals surface area contributed by atoms with E-state index in [0.29, 0.717) is 6.17 Å². The molecule has 3 aromatic carbocycles. The van der Waals surface area contributed by atoms with E-state index >= 15 is 0 Å². The molecule has 2 heterocycles. The molecule has 0 bridgehead atoms. The number of likely N-dealkylation sites (N-methyl/N-ethyl adjacent to an activating group) is 1. The molecule has 0 amide bonds. The van der Waals surface area contributed by atoms with Crippen molar-refractivity contribution in [3.8, 4) is 11.1 Å². The van der Waals surface area contributed by atoms with Crippen LogP contribution in [0.4, 0.5) is 17.1 Å². The van der Waals surface area contributed by atoms with Gasteiger partial charge in [-0.05, 0) is 23.3 Å². The summed E-state index contributed by atoms with van der Waals surface area (Å²) < 4.78 is 0. The fourth-order valence-electron chi connectivity index (χ4n) is 5.54. The minimum Gasteiger partial charge on any atom is -0.380 e. The summed E-state index contributed by atoms with van der Waals surface area (Å²) in [4.78, 5) is 4.94. The van der Waals surface area contributed by atoms with E-state index in [1.807, 2.05) is 0 Å². The molecular weight excluding hydrogens is 417 g/mol. The predicted molar refractivity (Wildman–Crippen MR) is 113 cm³/mol. The van der Waals surface area contributed by atoms with E-state index in [4.69, 9.17) is 0 Å². The first kappa shape index (κ1) is 18.3. The molecule has 0 spiro atoms. The average molecular weight is 440 g/mol. The van der Waals surface area contributed by atoms with Gasteiger partial charge in [0.25, 0.3) is 0 Å². The topological polar surface area (TPSA) is 6.48 Å². The quantitative estimate of drug-likeness (QED) is 0.404. The number of rotatable bonds is 0. The Labute approximate surface area is 192 Å². The van der Waals surface area contributed by atoms with Gasteiger partial charge in [-0.3, -0.25) is 0 Å². The summed E-state index contributed by atoms with van der Waals surface area (Å²) >= 11 is 0. The van der Waals surface area contributed by atoms with E-state index in [0.717, 1.165) is 0 Å². The molecule has 0 aromatic heterocycles. The number of para-hydroxylation sites is 2. The largest absolute Gasteiger partial charge is 0.380 e. The second-order valence-electron chi connectivity index (χ2n) is 8.61. The number of fused-ring (bicyclic) bond motifs is 8. The van der Waals surface area contributed by atoms with Crippen molar-refractivity contribution in [2.24, 2.45) is 0 Å². The van der Waals surface area contributed by atoms with Crippen molar-refractivity contribution < 1.29 is 32.7 Å². The van der Waals surface area contributed by atoms with Gasteiger partial charge in [0, 0.05) is 45.2 Å². The zero-order valence-electron chi connectivity index (χ0n) is 16.8. The third-order valence-electron chi connectivity index (χ3n) is 6.90. The van der Waals surface area contributed by atoms with Gasteiger partial charge in [0.15, 0.2) is 0 Å². The first-order valence-electron chi connectivity index (χ1n) is 9.73. The Hall–Kier alpha value is -1.77. The number of nitrogens with zero attached hydrogens (tertiary/aromatic N) is 2. The Kier molecular flexibility index (Phi) is 3.83. The van der Waals surface area contributed by atoms with Crippen molar-refractivity contribution in [2.75, 3.05) is 16.8 Å². The Balaban J connectivity index is 0.00000171. The van der Waals surface area contributed by atoms with E-state index in [1.165, 1.54) is 50.8 Å². The van der Waals surface area contributed by atoms with Crippen molar-refractivity contribution in [1.29, 1.82) is 0 Å². The summed E-state index contributed by atoms with van der Waals surface area (Å²) in [6.07, 6.45) is 0.290. The number of hydrogen-bond donors (Lipinski definition) is 0. The van der Waals surface area contributed by atoms with Crippen LogP contribution >= 0.6 is 0 Å². The van der Waals surface area contributed by atoms with Gasteiger partial charge in [0.05, 0.1) is 17.5 Å². The van der Waals surface area contributed by atoms with Crippen molar-refractivity contribution >= 4 is 17.1 Å². The van der Waals surface area contributed by atoms with E-state index < -0.39 is 0 Å². The van der Waals surface area contributed by atoms with Gasteiger partial charge in [0.1, 0.15) is 0 Å². The van der Waals surface area contributed by atoms with Crippen LogP contribution in [0.2, 0.25) is 0 Å². The zero-order chi connectivity index (χ0) is 18.5. The van der Waals surface area contributed by atoms with Crippen LogP contribution in [-0.2, 0) is 38.1 Å². The van der Waals surface area contributed by atoms with Crippen LogP contribution in [0.1, 0.15) is 37.5 Å². The molecule has 3 aromatic rings. The minimum absolute atomic E-state index is 0. The monoisotopic (exact) mass is 440 g/mol. The van der Waals surface area contributed by atoms with Crippen LogP contribution < -0.4 is 9.80 Å². The fraction of sp³-hybridized carbons (Fsp3) is 0.240. The molecule has 2 nitrogen and oxygen atoms in total. The second-order valence-corrected chi connectivity index (χ2v) is 8.61. The van der Waals surface area contributed by atoms with Gasteiger partial charge in [-0.1, -0.05) is 80.1 Å². The molecule has 137 valence electrons. The van der Waals surface area contributed by atoms with Gasteiger partial charge in [-0.2, -0.15) is 11.6 Å². The smallest absolute Gasteiger partial charge is 0.0719 e. The molecule has 28 heavy (non-hydrogen) atoms. The molecule has 1 radical (unpaired) electrons. The maximum Gasteiger partial charge on any atom is 0.0719 e. The molecule has 1 aliphatic carbocycles. The normalized spacial score (nSPS) is 19.6. The van der Waals surface area contributed by atoms with Crippen LogP contribution in [0.25, 0.3) is 11.1 Å². The average Bonchev–Trinajstić information content (AvgIpc) is 3.22. The fourth-order valence-corrected chi connectivity index (χ4v) is 5.54. The predicted octanol–water partition coefficient (Wildman–Crippen LogP) is 5.86. The third-order valence-corrected chi connectivity index (χ3v) is 6.90. The van der Waals surface area contributed by atoms with Crippen LogP contribution in [0.5, 0.6) is 0 Å². The minimum atomic E-state index is 0. The van der Waals surface area contributed by atoms with E-state index in [1.54, 1.807) is 0 Å². The summed E-state index contributed by atoms with van der Waals surface area (Å²) in [5, 5.41) is 0. The molecule has 2 aliphatic heterocycles. The molecule has 0 N–H and O–H groups in total. The third kappa shape index (κ3) is 2.03. The number of hydrogen-bond acceptors (Lipinski definition) is 2. The van der Waals surface area contributed by atoms with Gasteiger partial charge in [0.2, 0.25) is 0 Å². The van der Waals surface area contributed by atoms with Crippen molar-refractivity contribution in [3.05, 3.63) is 83.3 Å². The Bertz CT molecular complexity index is 1120. The molecule has 3 heteroatoms. The summed E-state index contributed by atoms with van der Waals surface area (Å²) in [5.41, 5.74) is 11.1. The summed E-state index contributed by atoms with van der Waals surface area (Å²) in [5.74, 6) is 1.44. The molecule has 0 fully saturated rings. The SMILES string of the molecule is C[C-]1c2cc3c(cc2N2c4ccccc4N(C)C12)C(C)(C)c1ccccc1-3.[Y]. The van der Waals surface area contributed by atoms with Crippen LogP contribution in [0, 0.1) is 5.92 Å². The summed E-state index contributed by atoms with van der Waals surface area (Å²) in [6, 6.07) is 22.6. The van der Waals surface area contributed by atoms with Crippen LogP contribution in [0.15, 0.2) is 60.7 Å². The molecule has 6 rings (SSSR count). The zero-order valence-corrected chi connectivity index (χ0v) is 19.7. The number of benzene rings is 3. The van der Waals surface area contributed by atoms with Crippen molar-refractivity contribution in [2.45, 2.75) is 32.4 Å². The van der Waals surface area contributed by atoms with Gasteiger partial charge in [-0.15, -0.1) is 5.92 Å². The Morgan fingerprint density at radius 1 is 0.821 bits per heavy atom. The van der Waals surface area contributed by atoms with Crippen LogP contribution in [0.3, 0.4) is 0 Å². The molecular formula is C25H23N2Y-. The molecule has 0 saturated carbocycles. The summed E-state index contributed by atoms with van der Waals surface area (Å²) in [6.45, 7) is 7.01. The maximum atomic E-state index is 2.53. The molecule has 3 aliphatic rings. The Morgan fingerprint density at radius 2 is 1.50 bits per heavy atom. The first-order chi connectivity index (χ1) is 13.0. The van der Waals surface area contributed by atoms with Crippen molar-refractivity contribution in [3.63, 3.8) is 0 Å². The maximum absolute atomic E-state index is 2.53. The van der Waals surface area contributed by atoms with Gasteiger partial charge in [-0.25, -0.2) is 0 Å². The second kappa shape index (κ2) is 5.87. The molecule has 0 saturated heterocycles. The van der Waals surface area contributed by atoms with Gasteiger partial charge >= 0.3 is 0 Å². The van der Waals surface area contributed by atoms with Gasteiger partial charge < -0.3 is 9.80 Å².